The number of rotatable bonds is 5. The molecule has 1 N–H and O–H groups in total. The monoisotopic (exact) mass is 242 g/mol. The fourth-order valence-electron chi connectivity index (χ4n) is 1.40. The predicted molar refractivity (Wildman–Crippen MR) is 64.9 cm³/mol. The topological polar surface area (TPSA) is 49.4 Å². The number of benzene rings is 1. The van der Waals surface area contributed by atoms with E-state index < -0.39 is 10.0 Å². The molecule has 1 aromatic carbocycles. The van der Waals surface area contributed by atoms with Crippen LogP contribution < -0.4 is 5.32 Å². The molecule has 0 bridgehead atoms. The normalized spacial score (nSPS) is 12.0. The molecule has 0 spiro atoms. The molecular formula is C11H18N2O2S. The zero-order chi connectivity index (χ0) is 12.2. The lowest BCUT2D eigenvalue weighted by Gasteiger charge is -2.18. The Morgan fingerprint density at radius 2 is 1.94 bits per heavy atom. The molecule has 0 fully saturated rings. The first-order valence-electron chi connectivity index (χ1n) is 5.16. The fraction of sp³-hybridized carbons (Fsp3) is 0.455. The van der Waals surface area contributed by atoms with E-state index in [1.54, 1.807) is 39.2 Å². The first-order chi connectivity index (χ1) is 7.50. The molecule has 0 amide bonds. The van der Waals surface area contributed by atoms with Crippen molar-refractivity contribution in [3.63, 3.8) is 0 Å². The number of nitrogens with zero attached hydrogens (tertiary/aromatic N) is 1. The molecular weight excluding hydrogens is 224 g/mol. The number of hydrogen-bond donors (Lipinski definition) is 1. The van der Waals surface area contributed by atoms with Crippen molar-refractivity contribution in [2.45, 2.75) is 11.8 Å². The van der Waals surface area contributed by atoms with Crippen molar-refractivity contribution in [3.05, 3.63) is 29.8 Å². The molecule has 16 heavy (non-hydrogen) atoms. The van der Waals surface area contributed by atoms with Gasteiger partial charge in [-0.3, -0.25) is 0 Å². The van der Waals surface area contributed by atoms with E-state index in [9.17, 15) is 8.42 Å². The first-order valence-corrected chi connectivity index (χ1v) is 6.60. The molecule has 0 unspecified atom stereocenters. The van der Waals surface area contributed by atoms with Crippen molar-refractivity contribution in [1.82, 2.24) is 9.62 Å². The molecule has 0 heterocycles. The summed E-state index contributed by atoms with van der Waals surface area (Å²) in [7, 11) is 0.0476. The lowest BCUT2D eigenvalue weighted by molar-refractivity contribution is 0.465. The van der Waals surface area contributed by atoms with Gasteiger partial charge >= 0.3 is 0 Å². The van der Waals surface area contributed by atoms with Crippen LogP contribution in [0.25, 0.3) is 0 Å². The maximum atomic E-state index is 12.2. The molecule has 0 atom stereocenters. The van der Waals surface area contributed by atoms with E-state index >= 15 is 0 Å². The number of nitrogens with one attached hydrogen (secondary N) is 1. The third kappa shape index (κ3) is 2.81. The van der Waals surface area contributed by atoms with Gasteiger partial charge < -0.3 is 5.32 Å². The zero-order valence-corrected chi connectivity index (χ0v) is 10.7. The maximum Gasteiger partial charge on any atom is 0.243 e. The van der Waals surface area contributed by atoms with Crippen molar-refractivity contribution >= 4 is 10.0 Å². The van der Waals surface area contributed by atoms with Gasteiger partial charge in [-0.1, -0.05) is 18.2 Å². The summed E-state index contributed by atoms with van der Waals surface area (Å²) in [6.07, 6.45) is 0. The smallest absolute Gasteiger partial charge is 0.243 e. The Bertz CT molecular complexity index is 443. The average Bonchev–Trinajstić information content (AvgIpc) is 2.26. The Balaban J connectivity index is 2.98. The van der Waals surface area contributed by atoms with E-state index in [4.69, 9.17) is 0 Å². The summed E-state index contributed by atoms with van der Waals surface area (Å²) < 4.78 is 25.7. The van der Waals surface area contributed by atoms with E-state index in [1.165, 1.54) is 4.31 Å². The summed E-state index contributed by atoms with van der Waals surface area (Å²) in [6, 6.07) is 7.02. The highest BCUT2D eigenvalue weighted by Gasteiger charge is 2.21. The number of aryl methyl sites for hydroxylation is 1. The van der Waals surface area contributed by atoms with Crippen molar-refractivity contribution in [1.29, 1.82) is 0 Å². The third-order valence-electron chi connectivity index (χ3n) is 2.46. The van der Waals surface area contributed by atoms with Gasteiger partial charge in [-0.15, -0.1) is 0 Å². The minimum Gasteiger partial charge on any atom is -0.318 e. The van der Waals surface area contributed by atoms with Crippen LogP contribution in [-0.4, -0.2) is 39.9 Å². The number of likely N-dealkylation sites (N-methyl/N-ethyl adjacent to an activating group) is 2. The summed E-state index contributed by atoms with van der Waals surface area (Å²) in [6.45, 7) is 2.91. The standard InChI is InChI=1S/C11H18N2O2S/c1-10-6-4-5-7-11(10)16(14,15)13(3)9-8-12-2/h4-7,12H,8-9H2,1-3H3. The predicted octanol–water partition coefficient (Wildman–Crippen LogP) is 0.835. The Morgan fingerprint density at radius 3 is 2.50 bits per heavy atom. The van der Waals surface area contributed by atoms with Gasteiger partial charge in [0.05, 0.1) is 4.90 Å². The molecule has 1 rings (SSSR count). The highest BCUT2D eigenvalue weighted by atomic mass is 32.2. The van der Waals surface area contributed by atoms with Gasteiger partial charge in [0.2, 0.25) is 10.0 Å². The molecule has 1 aromatic rings. The summed E-state index contributed by atoms with van der Waals surface area (Å²) >= 11 is 0. The van der Waals surface area contributed by atoms with Gasteiger partial charge in [0.15, 0.2) is 0 Å². The van der Waals surface area contributed by atoms with E-state index in [2.05, 4.69) is 5.32 Å². The Kier molecular flexibility index (Phi) is 4.46. The summed E-state index contributed by atoms with van der Waals surface area (Å²) in [5, 5.41) is 2.93. The highest BCUT2D eigenvalue weighted by molar-refractivity contribution is 7.89. The molecule has 0 radical (unpaired) electrons. The van der Waals surface area contributed by atoms with Crippen LogP contribution >= 0.6 is 0 Å². The molecule has 4 nitrogen and oxygen atoms in total. The average molecular weight is 242 g/mol. The second-order valence-corrected chi connectivity index (χ2v) is 5.71. The minimum absolute atomic E-state index is 0.383. The molecule has 0 aromatic heterocycles. The van der Waals surface area contributed by atoms with Crippen LogP contribution in [0, 0.1) is 6.92 Å². The largest absolute Gasteiger partial charge is 0.318 e. The van der Waals surface area contributed by atoms with Gasteiger partial charge in [0, 0.05) is 20.1 Å². The number of hydrogen-bond acceptors (Lipinski definition) is 3. The summed E-state index contributed by atoms with van der Waals surface area (Å²) in [5.41, 5.74) is 0.777. The third-order valence-corrected chi connectivity index (χ3v) is 4.48. The van der Waals surface area contributed by atoms with Crippen molar-refractivity contribution in [2.24, 2.45) is 0 Å². The van der Waals surface area contributed by atoms with Crippen LogP contribution in [0.3, 0.4) is 0 Å². The Hall–Kier alpha value is -0.910. The van der Waals surface area contributed by atoms with E-state index in [1.807, 2.05) is 6.07 Å². The molecule has 0 saturated heterocycles. The van der Waals surface area contributed by atoms with Crippen LogP contribution in [0.15, 0.2) is 29.2 Å². The minimum atomic E-state index is -3.35. The molecule has 0 aliphatic heterocycles. The van der Waals surface area contributed by atoms with Gasteiger partial charge in [-0.2, -0.15) is 4.31 Å². The van der Waals surface area contributed by atoms with E-state index in [0.29, 0.717) is 18.0 Å². The first kappa shape index (κ1) is 13.2. The molecule has 0 aliphatic rings. The molecule has 0 aliphatic carbocycles. The van der Waals surface area contributed by atoms with Crippen LogP contribution in [0.1, 0.15) is 5.56 Å². The van der Waals surface area contributed by atoms with Gasteiger partial charge in [0.25, 0.3) is 0 Å². The van der Waals surface area contributed by atoms with Crippen LogP contribution in [-0.2, 0) is 10.0 Å². The van der Waals surface area contributed by atoms with Crippen molar-refractivity contribution < 1.29 is 8.42 Å². The van der Waals surface area contributed by atoms with Crippen molar-refractivity contribution in [2.75, 3.05) is 27.2 Å². The van der Waals surface area contributed by atoms with Crippen LogP contribution in [0.4, 0.5) is 0 Å². The second-order valence-electron chi connectivity index (χ2n) is 3.70. The highest BCUT2D eigenvalue weighted by Crippen LogP contribution is 2.17. The van der Waals surface area contributed by atoms with Crippen LogP contribution in [0.5, 0.6) is 0 Å². The Labute approximate surface area is 97.3 Å². The van der Waals surface area contributed by atoms with Gasteiger partial charge in [-0.25, -0.2) is 8.42 Å². The summed E-state index contributed by atoms with van der Waals surface area (Å²) in [4.78, 5) is 0.383. The molecule has 0 saturated carbocycles. The SMILES string of the molecule is CNCCN(C)S(=O)(=O)c1ccccc1C. The van der Waals surface area contributed by atoms with Gasteiger partial charge in [-0.05, 0) is 25.6 Å². The lowest BCUT2D eigenvalue weighted by atomic mass is 10.2. The van der Waals surface area contributed by atoms with E-state index in [0.717, 1.165) is 5.56 Å². The van der Waals surface area contributed by atoms with E-state index in [-0.39, 0.29) is 0 Å². The zero-order valence-electron chi connectivity index (χ0n) is 9.90. The van der Waals surface area contributed by atoms with Gasteiger partial charge in [0.1, 0.15) is 0 Å². The fourth-order valence-corrected chi connectivity index (χ4v) is 2.80. The Morgan fingerprint density at radius 1 is 1.31 bits per heavy atom. The molecule has 5 heteroatoms. The van der Waals surface area contributed by atoms with Crippen molar-refractivity contribution in [3.8, 4) is 0 Å². The van der Waals surface area contributed by atoms with Crippen LogP contribution in [0.2, 0.25) is 0 Å². The molecule has 90 valence electrons. The maximum absolute atomic E-state index is 12.2. The quantitative estimate of drug-likeness (QED) is 0.832. The lowest BCUT2D eigenvalue weighted by Crippen LogP contribution is -2.33. The second kappa shape index (κ2) is 5.43. The summed E-state index contributed by atoms with van der Waals surface area (Å²) in [5.74, 6) is 0. The number of sulfonamides is 1.